The van der Waals surface area contributed by atoms with Gasteiger partial charge in [-0.2, -0.15) is 0 Å². The number of nitro benzene ring substituents is 1. The second-order valence-corrected chi connectivity index (χ2v) is 7.82. The number of nitrogens with one attached hydrogen (secondary N) is 1. The minimum atomic E-state index is -1.18. The van der Waals surface area contributed by atoms with E-state index in [1.807, 2.05) is 48.5 Å². The molecule has 8 nitrogen and oxygen atoms in total. The number of carboxylic acid groups (broad SMARTS) is 1. The summed E-state index contributed by atoms with van der Waals surface area (Å²) in [5, 5.41) is 22.7. The molecule has 0 bridgehead atoms. The Kier molecular flexibility index (Phi) is 6.35. The lowest BCUT2D eigenvalue weighted by Crippen LogP contribution is -2.41. The normalized spacial score (nSPS) is 13.0. The maximum absolute atomic E-state index is 12.4. The van der Waals surface area contributed by atoms with Crippen molar-refractivity contribution in [3.8, 4) is 11.1 Å². The molecule has 0 aromatic heterocycles. The minimum Gasteiger partial charge on any atom is -0.480 e. The maximum atomic E-state index is 12.4. The lowest BCUT2D eigenvalue weighted by atomic mass is 9.98. The second kappa shape index (κ2) is 9.52. The average Bonchev–Trinajstić information content (AvgIpc) is 3.14. The molecule has 4 rings (SSSR count). The van der Waals surface area contributed by atoms with E-state index in [1.165, 1.54) is 12.1 Å². The average molecular weight is 446 g/mol. The summed E-state index contributed by atoms with van der Waals surface area (Å²) in [5.74, 6) is -1.29. The first kappa shape index (κ1) is 22.0. The SMILES string of the molecule is O=C(NC(CCc1ccc([N+](=O)[O-])cc1)C(=O)O)OCC1c2ccccc2-c2ccccc21. The van der Waals surface area contributed by atoms with Crippen molar-refractivity contribution in [1.29, 1.82) is 0 Å². The Morgan fingerprint density at radius 3 is 2.09 bits per heavy atom. The molecule has 0 aliphatic heterocycles. The third-order valence-electron chi connectivity index (χ3n) is 5.80. The zero-order chi connectivity index (χ0) is 23.4. The lowest BCUT2D eigenvalue weighted by Gasteiger charge is -2.17. The molecule has 1 aliphatic carbocycles. The third-order valence-corrected chi connectivity index (χ3v) is 5.80. The number of fused-ring (bicyclic) bond motifs is 3. The maximum Gasteiger partial charge on any atom is 0.407 e. The van der Waals surface area contributed by atoms with E-state index < -0.39 is 23.0 Å². The van der Waals surface area contributed by atoms with Crippen LogP contribution in [0.25, 0.3) is 11.1 Å². The van der Waals surface area contributed by atoms with Crippen molar-refractivity contribution in [2.45, 2.75) is 24.8 Å². The molecule has 0 radical (unpaired) electrons. The Morgan fingerprint density at radius 1 is 0.970 bits per heavy atom. The van der Waals surface area contributed by atoms with Crippen molar-refractivity contribution < 1.29 is 24.4 Å². The van der Waals surface area contributed by atoms with Gasteiger partial charge in [0.1, 0.15) is 12.6 Å². The molecule has 0 heterocycles. The first-order valence-electron chi connectivity index (χ1n) is 10.5. The molecule has 0 saturated heterocycles. The number of nitro groups is 1. The molecule has 33 heavy (non-hydrogen) atoms. The van der Waals surface area contributed by atoms with Gasteiger partial charge in [0.25, 0.3) is 5.69 Å². The number of nitrogens with zero attached hydrogens (tertiary/aromatic N) is 1. The largest absolute Gasteiger partial charge is 0.480 e. The van der Waals surface area contributed by atoms with Gasteiger partial charge in [-0.1, -0.05) is 60.7 Å². The van der Waals surface area contributed by atoms with Crippen LogP contribution in [-0.2, 0) is 16.0 Å². The molecule has 3 aromatic carbocycles. The van der Waals surface area contributed by atoms with Crippen LogP contribution in [-0.4, -0.2) is 34.7 Å². The Balaban J connectivity index is 1.36. The van der Waals surface area contributed by atoms with Gasteiger partial charge in [-0.05, 0) is 40.7 Å². The zero-order valence-electron chi connectivity index (χ0n) is 17.6. The molecule has 1 amide bonds. The summed E-state index contributed by atoms with van der Waals surface area (Å²) in [6.07, 6.45) is -0.344. The highest BCUT2D eigenvalue weighted by Crippen LogP contribution is 2.44. The Hall–Kier alpha value is -4.20. The van der Waals surface area contributed by atoms with Crippen LogP contribution in [0, 0.1) is 10.1 Å². The highest BCUT2D eigenvalue weighted by Gasteiger charge is 2.29. The van der Waals surface area contributed by atoms with E-state index >= 15 is 0 Å². The van der Waals surface area contributed by atoms with Gasteiger partial charge in [0.15, 0.2) is 0 Å². The molecular weight excluding hydrogens is 424 g/mol. The van der Waals surface area contributed by atoms with Crippen molar-refractivity contribution in [3.63, 3.8) is 0 Å². The third kappa shape index (κ3) is 4.85. The van der Waals surface area contributed by atoms with Crippen molar-refractivity contribution >= 4 is 17.7 Å². The molecule has 168 valence electrons. The summed E-state index contributed by atoms with van der Waals surface area (Å²) in [4.78, 5) is 34.3. The number of hydrogen-bond donors (Lipinski definition) is 2. The van der Waals surface area contributed by atoms with Gasteiger partial charge in [0.2, 0.25) is 0 Å². The van der Waals surface area contributed by atoms with E-state index in [0.717, 1.165) is 27.8 Å². The summed E-state index contributed by atoms with van der Waals surface area (Å²) >= 11 is 0. The summed E-state index contributed by atoms with van der Waals surface area (Å²) in [6, 6.07) is 20.6. The molecule has 0 spiro atoms. The fourth-order valence-electron chi connectivity index (χ4n) is 4.14. The van der Waals surface area contributed by atoms with Crippen molar-refractivity contribution in [2.24, 2.45) is 0 Å². The van der Waals surface area contributed by atoms with E-state index in [9.17, 15) is 24.8 Å². The summed E-state index contributed by atoms with van der Waals surface area (Å²) in [6.45, 7) is 0.0918. The van der Waals surface area contributed by atoms with Gasteiger partial charge in [0, 0.05) is 18.1 Å². The number of aryl methyl sites for hydroxylation is 1. The number of carbonyl (C=O) groups is 2. The van der Waals surface area contributed by atoms with Gasteiger partial charge in [-0.25, -0.2) is 9.59 Å². The molecule has 2 N–H and O–H groups in total. The first-order valence-corrected chi connectivity index (χ1v) is 10.5. The topological polar surface area (TPSA) is 119 Å². The minimum absolute atomic E-state index is 0.0368. The Morgan fingerprint density at radius 2 is 1.55 bits per heavy atom. The number of non-ortho nitro benzene ring substituents is 1. The van der Waals surface area contributed by atoms with E-state index in [1.54, 1.807) is 12.1 Å². The molecule has 0 fully saturated rings. The number of alkyl carbamates (subject to hydrolysis) is 1. The summed E-state index contributed by atoms with van der Waals surface area (Å²) < 4.78 is 5.43. The predicted octanol–water partition coefficient (Wildman–Crippen LogP) is 4.52. The highest BCUT2D eigenvalue weighted by atomic mass is 16.6. The number of hydrogen-bond acceptors (Lipinski definition) is 5. The molecule has 1 unspecified atom stereocenters. The first-order chi connectivity index (χ1) is 15.9. The van der Waals surface area contributed by atoms with Crippen LogP contribution in [0.4, 0.5) is 10.5 Å². The zero-order valence-corrected chi connectivity index (χ0v) is 17.6. The monoisotopic (exact) mass is 446 g/mol. The Bertz CT molecular complexity index is 1150. The number of benzene rings is 3. The van der Waals surface area contributed by atoms with Crippen LogP contribution in [0.15, 0.2) is 72.8 Å². The van der Waals surface area contributed by atoms with Crippen molar-refractivity contribution in [1.82, 2.24) is 5.32 Å². The van der Waals surface area contributed by atoms with E-state index in [-0.39, 0.29) is 24.6 Å². The molecule has 0 saturated carbocycles. The van der Waals surface area contributed by atoms with Gasteiger partial charge in [0.05, 0.1) is 4.92 Å². The van der Waals surface area contributed by atoms with Gasteiger partial charge < -0.3 is 15.2 Å². The molecule has 8 heteroatoms. The number of carboxylic acids is 1. The van der Waals surface area contributed by atoms with Crippen LogP contribution in [0.2, 0.25) is 0 Å². The van der Waals surface area contributed by atoms with Gasteiger partial charge in [-0.15, -0.1) is 0 Å². The van der Waals surface area contributed by atoms with Gasteiger partial charge in [-0.3, -0.25) is 10.1 Å². The lowest BCUT2D eigenvalue weighted by molar-refractivity contribution is -0.384. The smallest absolute Gasteiger partial charge is 0.407 e. The number of rotatable bonds is 8. The molecular formula is C25H22N2O6. The van der Waals surface area contributed by atoms with Gasteiger partial charge >= 0.3 is 12.1 Å². The fraction of sp³-hybridized carbons (Fsp3) is 0.200. The summed E-state index contributed by atoms with van der Waals surface area (Å²) in [5.41, 5.74) is 5.05. The fourth-order valence-corrected chi connectivity index (χ4v) is 4.14. The predicted molar refractivity (Wildman–Crippen MR) is 121 cm³/mol. The van der Waals surface area contributed by atoms with E-state index in [0.29, 0.717) is 6.42 Å². The highest BCUT2D eigenvalue weighted by molar-refractivity contribution is 5.81. The molecule has 1 aliphatic rings. The second-order valence-electron chi connectivity index (χ2n) is 7.82. The number of aliphatic carboxylic acids is 1. The Labute approximate surface area is 190 Å². The van der Waals surface area contributed by atoms with Crippen LogP contribution in [0.5, 0.6) is 0 Å². The van der Waals surface area contributed by atoms with Crippen molar-refractivity contribution in [3.05, 3.63) is 99.6 Å². The quantitative estimate of drug-likeness (QED) is 0.388. The summed E-state index contributed by atoms with van der Waals surface area (Å²) in [7, 11) is 0. The number of amides is 1. The van der Waals surface area contributed by atoms with E-state index in [2.05, 4.69) is 5.32 Å². The number of ether oxygens (including phenoxy) is 1. The van der Waals surface area contributed by atoms with Crippen molar-refractivity contribution in [2.75, 3.05) is 6.61 Å². The standard InChI is InChI=1S/C25H22N2O6/c28-24(29)23(14-11-16-9-12-17(13-10-16)27(31)32)26-25(30)33-15-22-20-7-3-1-5-18(20)19-6-2-4-8-21(19)22/h1-10,12-13,22-23H,11,14-15H2,(H,26,30)(H,28,29). The van der Waals surface area contributed by atoms with Crippen LogP contribution >= 0.6 is 0 Å². The number of carbonyl (C=O) groups excluding carboxylic acids is 1. The van der Waals surface area contributed by atoms with Crippen LogP contribution < -0.4 is 5.32 Å². The van der Waals surface area contributed by atoms with E-state index in [4.69, 9.17) is 4.74 Å². The van der Waals surface area contributed by atoms with Crippen LogP contribution in [0.3, 0.4) is 0 Å². The molecule has 1 atom stereocenters. The molecule has 3 aromatic rings. The van der Waals surface area contributed by atoms with Crippen LogP contribution in [0.1, 0.15) is 29.0 Å².